The van der Waals surface area contributed by atoms with Crippen LogP contribution in [0.3, 0.4) is 0 Å². The van der Waals surface area contributed by atoms with Crippen molar-refractivity contribution in [2.24, 2.45) is 0 Å². The molecule has 1 rings (SSSR count). The van der Waals surface area contributed by atoms with Crippen LogP contribution in [0.4, 0.5) is 0 Å². The topological polar surface area (TPSA) is 41.9 Å². The van der Waals surface area contributed by atoms with Gasteiger partial charge in [0.05, 0.1) is 19.8 Å². The van der Waals surface area contributed by atoms with Gasteiger partial charge in [-0.05, 0) is 31.2 Å². The maximum absolute atomic E-state index is 10.2. The van der Waals surface area contributed by atoms with E-state index in [4.69, 9.17) is 9.47 Å². The molecular formula is C15H25NO3. The van der Waals surface area contributed by atoms with Crippen molar-refractivity contribution in [3.63, 3.8) is 0 Å². The number of benzene rings is 1. The summed E-state index contributed by atoms with van der Waals surface area (Å²) >= 11 is 0. The van der Waals surface area contributed by atoms with Gasteiger partial charge in [-0.2, -0.15) is 0 Å². The number of aliphatic hydroxyl groups excluding tert-OH is 1. The molecule has 0 saturated carbocycles. The van der Waals surface area contributed by atoms with E-state index in [0.29, 0.717) is 13.2 Å². The quantitative estimate of drug-likeness (QED) is 0.696. The predicted molar refractivity (Wildman–Crippen MR) is 76.6 cm³/mol. The Balaban J connectivity index is 2.48. The van der Waals surface area contributed by atoms with Crippen LogP contribution < -0.4 is 4.74 Å². The Hall–Kier alpha value is -1.10. The van der Waals surface area contributed by atoms with E-state index in [1.165, 1.54) is 0 Å². The zero-order chi connectivity index (χ0) is 14.1. The van der Waals surface area contributed by atoms with Gasteiger partial charge in [-0.15, -0.1) is 0 Å². The van der Waals surface area contributed by atoms with E-state index in [2.05, 4.69) is 11.8 Å². The van der Waals surface area contributed by atoms with Gasteiger partial charge in [0.25, 0.3) is 0 Å². The van der Waals surface area contributed by atoms with E-state index in [0.717, 1.165) is 31.0 Å². The zero-order valence-corrected chi connectivity index (χ0v) is 12.1. The highest BCUT2D eigenvalue weighted by atomic mass is 16.5. The van der Waals surface area contributed by atoms with Crippen LogP contribution in [0.15, 0.2) is 24.3 Å². The second-order valence-corrected chi connectivity index (χ2v) is 4.38. The second kappa shape index (κ2) is 8.91. The van der Waals surface area contributed by atoms with Crippen molar-refractivity contribution in [1.82, 2.24) is 4.90 Å². The van der Waals surface area contributed by atoms with E-state index in [-0.39, 0.29) is 0 Å². The molecule has 1 unspecified atom stereocenters. The molecule has 19 heavy (non-hydrogen) atoms. The average Bonchev–Trinajstić information content (AvgIpc) is 2.46. The lowest BCUT2D eigenvalue weighted by Crippen LogP contribution is -2.31. The summed E-state index contributed by atoms with van der Waals surface area (Å²) in [5.41, 5.74) is 0.913. The lowest BCUT2D eigenvalue weighted by Gasteiger charge is -2.23. The molecule has 108 valence electrons. The molecule has 1 aromatic rings. The minimum Gasteiger partial charge on any atom is -0.497 e. The summed E-state index contributed by atoms with van der Waals surface area (Å²) in [6.45, 7) is 7.89. The molecule has 0 aromatic heterocycles. The predicted octanol–water partition coefficient (Wildman–Crippen LogP) is 2.09. The van der Waals surface area contributed by atoms with Crippen LogP contribution in [0.25, 0.3) is 0 Å². The Bertz CT molecular complexity index is 340. The number of methoxy groups -OCH3 is 1. The molecule has 0 spiro atoms. The summed E-state index contributed by atoms with van der Waals surface area (Å²) in [5, 5.41) is 10.2. The Morgan fingerprint density at radius 2 is 1.89 bits per heavy atom. The van der Waals surface area contributed by atoms with Gasteiger partial charge in [-0.25, -0.2) is 0 Å². The summed E-state index contributed by atoms with van der Waals surface area (Å²) in [6.07, 6.45) is -0.479. The summed E-state index contributed by atoms with van der Waals surface area (Å²) in [6, 6.07) is 7.55. The number of ether oxygens (including phenoxy) is 2. The van der Waals surface area contributed by atoms with Crippen molar-refractivity contribution in [1.29, 1.82) is 0 Å². The zero-order valence-electron chi connectivity index (χ0n) is 12.1. The van der Waals surface area contributed by atoms with Gasteiger partial charge < -0.3 is 14.6 Å². The van der Waals surface area contributed by atoms with Gasteiger partial charge >= 0.3 is 0 Å². The van der Waals surface area contributed by atoms with Crippen LogP contribution >= 0.6 is 0 Å². The first-order chi connectivity index (χ1) is 9.21. The molecule has 0 aliphatic rings. The smallest absolute Gasteiger partial charge is 0.118 e. The van der Waals surface area contributed by atoms with E-state index >= 15 is 0 Å². The van der Waals surface area contributed by atoms with E-state index in [1.807, 2.05) is 31.2 Å². The highest BCUT2D eigenvalue weighted by molar-refractivity contribution is 5.28. The maximum Gasteiger partial charge on any atom is 0.118 e. The van der Waals surface area contributed by atoms with Crippen LogP contribution in [-0.4, -0.2) is 50.0 Å². The Morgan fingerprint density at radius 3 is 2.42 bits per heavy atom. The number of likely N-dealkylation sites (N-methyl/N-ethyl adjacent to an activating group) is 1. The molecule has 4 heteroatoms. The van der Waals surface area contributed by atoms with Crippen LogP contribution in [-0.2, 0) is 4.74 Å². The van der Waals surface area contributed by atoms with E-state index in [1.54, 1.807) is 7.11 Å². The Kier molecular flexibility index (Phi) is 7.48. The third-order valence-corrected chi connectivity index (χ3v) is 3.13. The lowest BCUT2D eigenvalue weighted by atomic mass is 10.1. The van der Waals surface area contributed by atoms with E-state index in [9.17, 15) is 5.11 Å². The van der Waals surface area contributed by atoms with Gasteiger partial charge in [0.2, 0.25) is 0 Å². The van der Waals surface area contributed by atoms with Crippen LogP contribution in [0.1, 0.15) is 25.5 Å². The molecule has 0 heterocycles. The number of rotatable bonds is 9. The molecule has 1 atom stereocenters. The van der Waals surface area contributed by atoms with E-state index < -0.39 is 6.10 Å². The molecule has 1 aromatic carbocycles. The van der Waals surface area contributed by atoms with Crippen LogP contribution in [0.2, 0.25) is 0 Å². The summed E-state index contributed by atoms with van der Waals surface area (Å²) in [4.78, 5) is 2.19. The first kappa shape index (κ1) is 16.0. The van der Waals surface area contributed by atoms with Crippen molar-refractivity contribution >= 4 is 0 Å². The normalized spacial score (nSPS) is 12.7. The molecule has 0 fully saturated rings. The second-order valence-electron chi connectivity index (χ2n) is 4.38. The molecule has 0 aliphatic carbocycles. The third-order valence-electron chi connectivity index (χ3n) is 3.13. The van der Waals surface area contributed by atoms with Crippen LogP contribution in [0, 0.1) is 0 Å². The Morgan fingerprint density at radius 1 is 1.21 bits per heavy atom. The average molecular weight is 267 g/mol. The standard InChI is InChI=1S/C15H25NO3/c1-4-16(10-11-19-5-2)12-15(17)13-6-8-14(18-3)9-7-13/h6-9,15,17H,4-5,10-12H2,1-3H3. The minimum absolute atomic E-state index is 0.479. The Labute approximate surface area is 115 Å². The molecule has 1 N–H and O–H groups in total. The summed E-state index contributed by atoms with van der Waals surface area (Å²) in [5.74, 6) is 0.805. The van der Waals surface area contributed by atoms with Gasteiger partial charge in [-0.1, -0.05) is 19.1 Å². The van der Waals surface area contributed by atoms with Crippen molar-refractivity contribution < 1.29 is 14.6 Å². The molecule has 0 aliphatic heterocycles. The number of nitrogens with zero attached hydrogens (tertiary/aromatic N) is 1. The largest absolute Gasteiger partial charge is 0.497 e. The molecule has 0 saturated heterocycles. The fourth-order valence-electron chi connectivity index (χ4n) is 1.89. The van der Waals surface area contributed by atoms with Gasteiger partial charge in [0.1, 0.15) is 5.75 Å². The fourth-order valence-corrected chi connectivity index (χ4v) is 1.89. The molecule has 4 nitrogen and oxygen atoms in total. The summed E-state index contributed by atoms with van der Waals surface area (Å²) < 4.78 is 10.5. The van der Waals surface area contributed by atoms with Crippen LogP contribution in [0.5, 0.6) is 5.75 Å². The lowest BCUT2D eigenvalue weighted by molar-refractivity contribution is 0.0792. The van der Waals surface area contributed by atoms with Crippen molar-refractivity contribution in [2.75, 3.05) is 40.0 Å². The first-order valence-corrected chi connectivity index (χ1v) is 6.83. The first-order valence-electron chi connectivity index (χ1n) is 6.83. The molecule has 0 amide bonds. The van der Waals surface area contributed by atoms with Crippen molar-refractivity contribution in [2.45, 2.75) is 20.0 Å². The number of hydrogen-bond donors (Lipinski definition) is 1. The monoisotopic (exact) mass is 267 g/mol. The van der Waals surface area contributed by atoms with Crippen molar-refractivity contribution in [3.05, 3.63) is 29.8 Å². The van der Waals surface area contributed by atoms with Crippen molar-refractivity contribution in [3.8, 4) is 5.75 Å². The number of aliphatic hydroxyl groups is 1. The highest BCUT2D eigenvalue weighted by Crippen LogP contribution is 2.18. The summed E-state index contributed by atoms with van der Waals surface area (Å²) in [7, 11) is 1.64. The number of hydrogen-bond acceptors (Lipinski definition) is 4. The molecule has 0 bridgehead atoms. The fraction of sp³-hybridized carbons (Fsp3) is 0.600. The van der Waals surface area contributed by atoms with Gasteiger partial charge in [0.15, 0.2) is 0 Å². The molecular weight excluding hydrogens is 242 g/mol. The highest BCUT2D eigenvalue weighted by Gasteiger charge is 2.12. The third kappa shape index (κ3) is 5.59. The maximum atomic E-state index is 10.2. The van der Waals surface area contributed by atoms with Gasteiger partial charge in [-0.3, -0.25) is 4.90 Å². The van der Waals surface area contributed by atoms with Gasteiger partial charge in [0, 0.05) is 19.7 Å². The minimum atomic E-state index is -0.479. The SMILES string of the molecule is CCOCCN(CC)CC(O)c1ccc(OC)cc1. The molecule has 0 radical (unpaired) electrons.